The van der Waals surface area contributed by atoms with Crippen molar-refractivity contribution in [2.24, 2.45) is 0 Å². The van der Waals surface area contributed by atoms with Crippen LogP contribution in [0.2, 0.25) is 0 Å². The Morgan fingerprint density at radius 3 is 2.06 bits per heavy atom. The monoisotopic (exact) mass is 481 g/mol. The van der Waals surface area contributed by atoms with Crippen molar-refractivity contribution >= 4 is 34.2 Å². The normalized spacial score (nSPS) is 10.4. The van der Waals surface area contributed by atoms with Gasteiger partial charge in [-0.3, -0.25) is 4.79 Å². The first-order valence-electron chi connectivity index (χ1n) is 9.90. The van der Waals surface area contributed by atoms with E-state index in [9.17, 15) is 14.4 Å². The minimum atomic E-state index is -0.664. The molecule has 1 N–H and O–H groups in total. The van der Waals surface area contributed by atoms with Crippen LogP contribution in [-0.2, 0) is 14.2 Å². The lowest BCUT2D eigenvalue weighted by molar-refractivity contribution is 0.0392. The molecular weight excluding hydrogens is 454 g/mol. The van der Waals surface area contributed by atoms with Crippen LogP contribution in [0.3, 0.4) is 0 Å². The number of rotatable bonds is 11. The summed E-state index contributed by atoms with van der Waals surface area (Å²) in [5, 5.41) is 2.84. The number of carbonyl (C=O) groups excluding carboxylic acids is 3. The molecule has 10 nitrogen and oxygen atoms in total. The highest BCUT2D eigenvalue weighted by Crippen LogP contribution is 2.39. The molecule has 0 fully saturated rings. The zero-order valence-electron chi connectivity index (χ0n) is 19.4. The number of thiophene rings is 1. The van der Waals surface area contributed by atoms with E-state index in [-0.39, 0.29) is 52.3 Å². The molecule has 1 heterocycles. The number of hydrogen-bond acceptors (Lipinski definition) is 10. The average Bonchev–Trinajstić information content (AvgIpc) is 3.13. The Balaban J connectivity index is 2.44. The number of carbonyl (C=O) groups is 3. The van der Waals surface area contributed by atoms with E-state index in [2.05, 4.69) is 5.32 Å². The van der Waals surface area contributed by atoms with Gasteiger partial charge in [0.15, 0.2) is 11.5 Å². The topological polar surface area (TPSA) is 119 Å². The minimum absolute atomic E-state index is 0.0501. The molecule has 33 heavy (non-hydrogen) atoms. The molecular formula is C22H27NO9S. The Morgan fingerprint density at radius 2 is 1.55 bits per heavy atom. The van der Waals surface area contributed by atoms with Gasteiger partial charge < -0.3 is 33.7 Å². The molecule has 0 aliphatic heterocycles. The predicted octanol–water partition coefficient (Wildman–Crippen LogP) is 3.31. The van der Waals surface area contributed by atoms with Crippen molar-refractivity contribution in [2.45, 2.75) is 13.8 Å². The Kier molecular flexibility index (Phi) is 9.49. The summed E-state index contributed by atoms with van der Waals surface area (Å²) in [7, 11) is 5.80. The van der Waals surface area contributed by atoms with Crippen LogP contribution in [0, 0.1) is 6.92 Å². The van der Waals surface area contributed by atoms with E-state index in [4.69, 9.17) is 28.4 Å². The second kappa shape index (κ2) is 12.1. The van der Waals surface area contributed by atoms with Crippen molar-refractivity contribution in [1.29, 1.82) is 0 Å². The van der Waals surface area contributed by atoms with E-state index in [0.29, 0.717) is 11.3 Å². The van der Waals surface area contributed by atoms with Crippen LogP contribution in [0.25, 0.3) is 0 Å². The van der Waals surface area contributed by atoms with Crippen LogP contribution in [0.15, 0.2) is 12.1 Å². The second-order valence-electron chi connectivity index (χ2n) is 6.48. The lowest BCUT2D eigenvalue weighted by atomic mass is 10.1. The number of esters is 2. The summed E-state index contributed by atoms with van der Waals surface area (Å²) in [6, 6.07) is 2.95. The van der Waals surface area contributed by atoms with Crippen LogP contribution in [0.5, 0.6) is 17.2 Å². The predicted molar refractivity (Wildman–Crippen MR) is 121 cm³/mol. The van der Waals surface area contributed by atoms with Crippen molar-refractivity contribution in [3.63, 3.8) is 0 Å². The molecule has 1 aromatic carbocycles. The first-order valence-corrected chi connectivity index (χ1v) is 10.7. The summed E-state index contributed by atoms with van der Waals surface area (Å²) >= 11 is 0.922. The van der Waals surface area contributed by atoms with E-state index in [0.717, 1.165) is 11.3 Å². The molecule has 0 aliphatic rings. The lowest BCUT2D eigenvalue weighted by Crippen LogP contribution is -2.15. The Morgan fingerprint density at radius 1 is 0.909 bits per heavy atom. The maximum Gasteiger partial charge on any atom is 0.348 e. The first kappa shape index (κ1) is 25.9. The van der Waals surface area contributed by atoms with Gasteiger partial charge in [-0.2, -0.15) is 0 Å². The van der Waals surface area contributed by atoms with E-state index in [1.54, 1.807) is 13.8 Å². The summed E-state index contributed by atoms with van der Waals surface area (Å²) in [6.45, 7) is 3.65. The molecule has 0 aliphatic carbocycles. The first-order chi connectivity index (χ1) is 15.8. The third-order valence-electron chi connectivity index (χ3n) is 4.49. The number of benzene rings is 1. The minimum Gasteiger partial charge on any atom is -0.493 e. The van der Waals surface area contributed by atoms with Crippen molar-refractivity contribution in [2.75, 3.05) is 53.6 Å². The quantitative estimate of drug-likeness (QED) is 0.381. The van der Waals surface area contributed by atoms with Crippen molar-refractivity contribution < 1.29 is 42.8 Å². The van der Waals surface area contributed by atoms with Crippen molar-refractivity contribution in [1.82, 2.24) is 0 Å². The fraction of sp³-hybridized carbons (Fsp3) is 0.409. The van der Waals surface area contributed by atoms with Crippen molar-refractivity contribution in [3.8, 4) is 17.2 Å². The smallest absolute Gasteiger partial charge is 0.348 e. The molecule has 11 heteroatoms. The fourth-order valence-corrected chi connectivity index (χ4v) is 4.00. The zero-order chi connectivity index (χ0) is 24.5. The van der Waals surface area contributed by atoms with Gasteiger partial charge >= 0.3 is 11.9 Å². The molecule has 0 saturated heterocycles. The summed E-state index contributed by atoms with van der Waals surface area (Å²) < 4.78 is 31.0. The van der Waals surface area contributed by atoms with Crippen LogP contribution in [0.4, 0.5) is 5.00 Å². The third-order valence-corrected chi connectivity index (χ3v) is 5.67. The van der Waals surface area contributed by atoms with Crippen LogP contribution in [-0.4, -0.2) is 66.1 Å². The third kappa shape index (κ3) is 5.93. The molecule has 1 aromatic heterocycles. The number of methoxy groups -OCH3 is 4. The highest BCUT2D eigenvalue weighted by Gasteiger charge is 2.28. The highest BCUT2D eigenvalue weighted by molar-refractivity contribution is 7.18. The van der Waals surface area contributed by atoms with E-state index >= 15 is 0 Å². The van der Waals surface area contributed by atoms with Gasteiger partial charge in [-0.15, -0.1) is 11.3 Å². The van der Waals surface area contributed by atoms with Crippen LogP contribution in [0.1, 0.15) is 42.9 Å². The molecule has 2 rings (SSSR count). The SMILES string of the molecule is CCOC(=O)c1c(NC(=O)c2cc(OC)c(OC)c(OC)c2)sc(C(=O)OCCOC)c1C. The molecule has 0 saturated carbocycles. The van der Waals surface area contributed by atoms with Crippen LogP contribution < -0.4 is 19.5 Å². The molecule has 0 spiro atoms. The fourth-order valence-electron chi connectivity index (χ4n) is 2.92. The summed E-state index contributed by atoms with van der Waals surface area (Å²) in [6.07, 6.45) is 0. The lowest BCUT2D eigenvalue weighted by Gasteiger charge is -2.14. The molecule has 180 valence electrons. The van der Waals surface area contributed by atoms with Gasteiger partial charge in [0.05, 0.1) is 40.1 Å². The van der Waals surface area contributed by atoms with Crippen molar-refractivity contribution in [3.05, 3.63) is 33.7 Å². The molecule has 2 aromatic rings. The molecule has 1 amide bonds. The Labute approximate surface area is 195 Å². The van der Waals surface area contributed by atoms with E-state index < -0.39 is 17.8 Å². The van der Waals surface area contributed by atoms with Gasteiger partial charge in [0.1, 0.15) is 16.5 Å². The van der Waals surface area contributed by atoms with E-state index in [1.807, 2.05) is 0 Å². The van der Waals surface area contributed by atoms with Gasteiger partial charge in [-0.1, -0.05) is 0 Å². The molecule has 0 unspecified atom stereocenters. The Bertz CT molecular complexity index is 991. The summed E-state index contributed by atoms with van der Waals surface area (Å²) in [5.41, 5.74) is 0.622. The molecule has 0 radical (unpaired) electrons. The largest absolute Gasteiger partial charge is 0.493 e. The Hall–Kier alpha value is -3.31. The number of ether oxygens (including phenoxy) is 6. The number of anilines is 1. The van der Waals surface area contributed by atoms with Gasteiger partial charge in [-0.05, 0) is 31.5 Å². The van der Waals surface area contributed by atoms with E-state index in [1.165, 1.54) is 40.6 Å². The number of hydrogen-bond donors (Lipinski definition) is 1. The molecule has 0 atom stereocenters. The van der Waals surface area contributed by atoms with Gasteiger partial charge in [-0.25, -0.2) is 9.59 Å². The standard InChI is InChI=1S/C22H27NO9S/c1-7-31-21(25)16-12(2)18(22(26)32-9-8-27-3)33-20(16)23-19(24)13-10-14(28-4)17(30-6)15(11-13)29-5/h10-11H,7-9H2,1-6H3,(H,23,24). The highest BCUT2D eigenvalue weighted by atomic mass is 32.1. The second-order valence-corrected chi connectivity index (χ2v) is 7.50. The number of amides is 1. The maximum absolute atomic E-state index is 13.0. The maximum atomic E-state index is 13.0. The summed E-state index contributed by atoms with van der Waals surface area (Å²) in [5.74, 6) is -0.942. The van der Waals surface area contributed by atoms with Gasteiger partial charge in [0.2, 0.25) is 5.75 Å². The van der Waals surface area contributed by atoms with Gasteiger partial charge in [0.25, 0.3) is 5.91 Å². The summed E-state index contributed by atoms with van der Waals surface area (Å²) in [4.78, 5) is 38.3. The average molecular weight is 482 g/mol. The van der Waals surface area contributed by atoms with Crippen LogP contribution >= 0.6 is 11.3 Å². The number of nitrogens with one attached hydrogen (secondary N) is 1. The molecule has 0 bridgehead atoms. The van der Waals surface area contributed by atoms with Gasteiger partial charge in [0, 0.05) is 12.7 Å². The zero-order valence-corrected chi connectivity index (χ0v) is 20.2.